The van der Waals surface area contributed by atoms with Crippen LogP contribution < -0.4 is 11.1 Å². The van der Waals surface area contributed by atoms with Gasteiger partial charge in [0.25, 0.3) is 5.91 Å². The van der Waals surface area contributed by atoms with Gasteiger partial charge in [0, 0.05) is 6.54 Å². The van der Waals surface area contributed by atoms with Crippen molar-refractivity contribution < 1.29 is 14.3 Å². The number of ether oxygens (including phenoxy) is 1. The van der Waals surface area contributed by atoms with E-state index >= 15 is 0 Å². The van der Waals surface area contributed by atoms with Crippen molar-refractivity contribution in [1.29, 1.82) is 0 Å². The molecule has 0 heterocycles. The number of nitrogens with two attached hydrogens (primary N) is 1. The lowest BCUT2D eigenvalue weighted by molar-refractivity contribution is -0.129. The Hall–Kier alpha value is -2.53. The Morgan fingerprint density at radius 2 is 1.84 bits per heavy atom. The number of hydrogen-bond acceptors (Lipinski definition) is 4. The van der Waals surface area contributed by atoms with Gasteiger partial charge >= 0.3 is 5.97 Å². The minimum absolute atomic E-state index is 0.157. The van der Waals surface area contributed by atoms with E-state index in [2.05, 4.69) is 5.32 Å². The molecule has 0 aliphatic rings. The second-order valence-electron chi connectivity index (χ2n) is 5.84. The van der Waals surface area contributed by atoms with E-state index in [1.54, 1.807) is 0 Å². The van der Waals surface area contributed by atoms with Crippen molar-refractivity contribution in [3.63, 3.8) is 0 Å². The number of carbonyl (C=O) groups excluding carboxylic acids is 2. The molecule has 1 amide bonds. The van der Waals surface area contributed by atoms with Gasteiger partial charge in [-0.1, -0.05) is 48.9 Å². The van der Waals surface area contributed by atoms with E-state index in [0.717, 1.165) is 5.56 Å². The summed E-state index contributed by atoms with van der Waals surface area (Å²) in [6.07, 6.45) is -0.910. The summed E-state index contributed by atoms with van der Waals surface area (Å²) in [6, 6.07) is 14.3. The number of benzene rings is 2. The minimum Gasteiger partial charge on any atom is -0.449 e. The van der Waals surface area contributed by atoms with Gasteiger partial charge in [-0.3, -0.25) is 4.79 Å². The van der Waals surface area contributed by atoms with Crippen molar-refractivity contribution in [2.24, 2.45) is 0 Å². The molecule has 0 spiro atoms. The Morgan fingerprint density at radius 3 is 2.48 bits per heavy atom. The van der Waals surface area contributed by atoms with Crippen LogP contribution in [0.5, 0.6) is 0 Å². The van der Waals surface area contributed by atoms with Crippen LogP contribution in [0.2, 0.25) is 5.02 Å². The minimum atomic E-state index is -0.910. The van der Waals surface area contributed by atoms with Crippen LogP contribution >= 0.6 is 11.6 Å². The van der Waals surface area contributed by atoms with Crippen LogP contribution in [0, 0.1) is 0 Å². The molecule has 0 bridgehead atoms. The van der Waals surface area contributed by atoms with Gasteiger partial charge in [0.05, 0.1) is 16.3 Å². The van der Waals surface area contributed by atoms with E-state index < -0.39 is 12.1 Å². The van der Waals surface area contributed by atoms with Crippen molar-refractivity contribution in [1.82, 2.24) is 5.32 Å². The molecule has 0 radical (unpaired) electrons. The number of nitrogens with one attached hydrogen (secondary N) is 1. The smallest absolute Gasteiger partial charge is 0.338 e. The largest absolute Gasteiger partial charge is 0.449 e. The van der Waals surface area contributed by atoms with Gasteiger partial charge in [-0.05, 0) is 36.6 Å². The number of hydrogen-bond donors (Lipinski definition) is 2. The van der Waals surface area contributed by atoms with Crippen molar-refractivity contribution in [2.75, 3.05) is 12.3 Å². The quantitative estimate of drug-likeness (QED) is 0.611. The number of amides is 1. The van der Waals surface area contributed by atoms with Gasteiger partial charge in [-0.15, -0.1) is 0 Å². The first kappa shape index (κ1) is 18.8. The number of nitrogen functional groups attached to an aromatic ring is 1. The Morgan fingerprint density at radius 1 is 1.16 bits per heavy atom. The standard InChI is InChI=1S/C19H21ClN2O3/c1-12(14-6-4-3-5-7-14)11-22-18(23)13(2)25-19(24)15-8-9-16(20)17(21)10-15/h3-10,12-13H,11,21H2,1-2H3,(H,22,23). The molecule has 2 aromatic rings. The summed E-state index contributed by atoms with van der Waals surface area (Å²) >= 11 is 5.82. The third-order valence-corrected chi connectivity index (χ3v) is 4.18. The molecule has 0 aromatic heterocycles. The summed E-state index contributed by atoms with van der Waals surface area (Å²) in [5.41, 5.74) is 7.33. The highest BCUT2D eigenvalue weighted by Gasteiger charge is 2.20. The van der Waals surface area contributed by atoms with E-state index in [1.807, 2.05) is 37.3 Å². The van der Waals surface area contributed by atoms with Crippen LogP contribution in [0.15, 0.2) is 48.5 Å². The van der Waals surface area contributed by atoms with Crippen LogP contribution in [0.4, 0.5) is 5.69 Å². The predicted octanol–water partition coefficient (Wildman–Crippen LogP) is 3.39. The zero-order chi connectivity index (χ0) is 18.4. The number of rotatable bonds is 6. The Balaban J connectivity index is 1.87. The van der Waals surface area contributed by atoms with Crippen LogP contribution in [0.3, 0.4) is 0 Å². The van der Waals surface area contributed by atoms with Crippen LogP contribution in [0.1, 0.15) is 35.7 Å². The van der Waals surface area contributed by atoms with Crippen molar-refractivity contribution >= 4 is 29.2 Å². The van der Waals surface area contributed by atoms with E-state index in [-0.39, 0.29) is 23.1 Å². The molecule has 3 N–H and O–H groups in total. The normalized spacial score (nSPS) is 12.9. The molecule has 25 heavy (non-hydrogen) atoms. The molecule has 0 saturated heterocycles. The van der Waals surface area contributed by atoms with E-state index in [4.69, 9.17) is 22.1 Å². The second kappa shape index (κ2) is 8.53. The van der Waals surface area contributed by atoms with Gasteiger partial charge in [0.15, 0.2) is 6.10 Å². The lowest BCUT2D eigenvalue weighted by atomic mass is 10.0. The third kappa shape index (κ3) is 5.22. The molecular formula is C19H21ClN2O3. The van der Waals surface area contributed by atoms with E-state index in [0.29, 0.717) is 11.6 Å². The molecule has 0 fully saturated rings. The maximum Gasteiger partial charge on any atom is 0.338 e. The molecule has 2 aromatic carbocycles. The first-order chi connectivity index (χ1) is 11.9. The van der Waals surface area contributed by atoms with Gasteiger partial charge in [0.2, 0.25) is 0 Å². The summed E-state index contributed by atoms with van der Waals surface area (Å²) < 4.78 is 5.18. The Kier molecular flexibility index (Phi) is 6.42. The molecule has 132 valence electrons. The fourth-order valence-electron chi connectivity index (χ4n) is 2.25. The van der Waals surface area contributed by atoms with Gasteiger partial charge in [-0.2, -0.15) is 0 Å². The maximum atomic E-state index is 12.1. The number of anilines is 1. The first-order valence-electron chi connectivity index (χ1n) is 7.97. The highest BCUT2D eigenvalue weighted by molar-refractivity contribution is 6.33. The lowest BCUT2D eigenvalue weighted by Gasteiger charge is -2.17. The highest BCUT2D eigenvalue weighted by atomic mass is 35.5. The molecule has 2 unspecified atom stereocenters. The lowest BCUT2D eigenvalue weighted by Crippen LogP contribution is -2.37. The van der Waals surface area contributed by atoms with Gasteiger partial charge < -0.3 is 15.8 Å². The molecule has 0 saturated carbocycles. The van der Waals surface area contributed by atoms with Gasteiger partial charge in [-0.25, -0.2) is 4.79 Å². The molecule has 0 aliphatic carbocycles. The molecule has 2 atom stereocenters. The average Bonchev–Trinajstić information content (AvgIpc) is 2.62. The Bertz CT molecular complexity index is 750. The van der Waals surface area contributed by atoms with Crippen molar-refractivity contribution in [3.05, 3.63) is 64.7 Å². The average molecular weight is 361 g/mol. The van der Waals surface area contributed by atoms with Crippen molar-refractivity contribution in [2.45, 2.75) is 25.9 Å². The number of halogens is 1. The summed E-state index contributed by atoms with van der Waals surface area (Å²) in [4.78, 5) is 24.2. The fraction of sp³-hybridized carbons (Fsp3) is 0.263. The van der Waals surface area contributed by atoms with E-state index in [9.17, 15) is 9.59 Å². The monoisotopic (exact) mass is 360 g/mol. The fourth-order valence-corrected chi connectivity index (χ4v) is 2.37. The van der Waals surface area contributed by atoms with Crippen LogP contribution in [0.25, 0.3) is 0 Å². The van der Waals surface area contributed by atoms with Crippen LogP contribution in [-0.4, -0.2) is 24.5 Å². The van der Waals surface area contributed by atoms with Crippen LogP contribution in [-0.2, 0) is 9.53 Å². The van der Waals surface area contributed by atoms with E-state index in [1.165, 1.54) is 25.1 Å². The van der Waals surface area contributed by atoms with Crippen molar-refractivity contribution in [3.8, 4) is 0 Å². The highest BCUT2D eigenvalue weighted by Crippen LogP contribution is 2.20. The first-order valence-corrected chi connectivity index (χ1v) is 8.35. The zero-order valence-corrected chi connectivity index (χ0v) is 14.9. The summed E-state index contributed by atoms with van der Waals surface area (Å²) in [5.74, 6) is -0.815. The van der Waals surface area contributed by atoms with Gasteiger partial charge in [0.1, 0.15) is 0 Å². The molecule has 6 heteroatoms. The summed E-state index contributed by atoms with van der Waals surface area (Å²) in [5, 5.41) is 3.15. The third-order valence-electron chi connectivity index (χ3n) is 3.84. The number of carbonyl (C=O) groups is 2. The predicted molar refractivity (Wildman–Crippen MR) is 98.6 cm³/mol. The zero-order valence-electron chi connectivity index (χ0n) is 14.2. The Labute approximate surface area is 152 Å². The molecule has 0 aliphatic heterocycles. The number of esters is 1. The molecule has 5 nitrogen and oxygen atoms in total. The second-order valence-corrected chi connectivity index (χ2v) is 6.25. The molecule has 2 rings (SSSR count). The maximum absolute atomic E-state index is 12.1. The SMILES string of the molecule is CC(OC(=O)c1ccc(Cl)c(N)c1)C(=O)NCC(C)c1ccccc1. The summed E-state index contributed by atoms with van der Waals surface area (Å²) in [7, 11) is 0. The summed E-state index contributed by atoms with van der Waals surface area (Å²) in [6.45, 7) is 4.00. The topological polar surface area (TPSA) is 81.4 Å². The molecular weight excluding hydrogens is 340 g/mol.